The summed E-state index contributed by atoms with van der Waals surface area (Å²) in [4.78, 5) is 3.88. The molecule has 0 bridgehead atoms. The molecule has 1 atom stereocenters. The summed E-state index contributed by atoms with van der Waals surface area (Å²) >= 11 is 6.08. The number of benzene rings is 1. The van der Waals surface area contributed by atoms with Crippen molar-refractivity contribution in [3.8, 4) is 27.9 Å². The Hall–Kier alpha value is -4.45. The highest BCUT2D eigenvalue weighted by molar-refractivity contribution is 6.31. The van der Waals surface area contributed by atoms with Crippen molar-refractivity contribution in [2.75, 3.05) is 5.73 Å². The minimum Gasteiger partial charge on any atom is -0.381 e. The molecule has 1 fully saturated rings. The number of anilines is 1. The van der Waals surface area contributed by atoms with Crippen LogP contribution >= 0.6 is 11.6 Å². The van der Waals surface area contributed by atoms with Crippen LogP contribution in [0.3, 0.4) is 0 Å². The Morgan fingerprint density at radius 3 is 2.68 bits per heavy atom. The molecule has 0 radical (unpaired) electrons. The summed E-state index contributed by atoms with van der Waals surface area (Å²) in [6.07, 6.45) is 10.5. The highest BCUT2D eigenvalue weighted by atomic mass is 35.5. The van der Waals surface area contributed by atoms with Crippen molar-refractivity contribution in [2.24, 2.45) is 5.92 Å². The Morgan fingerprint density at radius 2 is 1.97 bits per heavy atom. The van der Waals surface area contributed by atoms with E-state index in [0.29, 0.717) is 34.0 Å². The smallest absolute Gasteiger partial charge is 0.258 e. The fraction of sp³-hybridized carbons (Fsp3) is 0.200. The van der Waals surface area contributed by atoms with Crippen molar-refractivity contribution in [3.63, 3.8) is 0 Å². The van der Waals surface area contributed by atoms with E-state index in [0.717, 1.165) is 24.0 Å². The van der Waals surface area contributed by atoms with Crippen LogP contribution in [0.1, 0.15) is 31.0 Å². The molecule has 4 heterocycles. The number of tetrazole rings is 1. The molecule has 13 heteroatoms. The van der Waals surface area contributed by atoms with Gasteiger partial charge in [-0.2, -0.15) is 9.78 Å². The van der Waals surface area contributed by atoms with Gasteiger partial charge in [0, 0.05) is 34.3 Å². The van der Waals surface area contributed by atoms with Crippen LogP contribution in [0.5, 0.6) is 0 Å². The molecule has 1 aromatic carbocycles. The van der Waals surface area contributed by atoms with Crippen molar-refractivity contribution < 1.29 is 18.7 Å². The van der Waals surface area contributed by atoms with Gasteiger partial charge in [-0.1, -0.05) is 24.4 Å². The molecule has 1 aliphatic carbocycles. The topological polar surface area (TPSA) is 124 Å². The Bertz CT molecular complexity index is 1640. The molecule has 0 unspecified atom stereocenters. The van der Waals surface area contributed by atoms with Crippen molar-refractivity contribution in [2.45, 2.75) is 25.3 Å². The van der Waals surface area contributed by atoms with Gasteiger partial charge in [0.1, 0.15) is 12.4 Å². The minimum absolute atomic E-state index is 0.0744. The predicted molar refractivity (Wildman–Crippen MR) is 132 cm³/mol. The molecular formula is C25H21ClF2N9O+. The number of nitrogen functional groups attached to an aromatic ring is 1. The molecule has 10 nitrogen and oxygen atoms in total. The lowest BCUT2D eigenvalue weighted by Crippen LogP contribution is -2.38. The maximum absolute atomic E-state index is 15.2. The van der Waals surface area contributed by atoms with E-state index in [2.05, 4.69) is 25.6 Å². The summed E-state index contributed by atoms with van der Waals surface area (Å²) in [7, 11) is 0. The first-order valence-corrected chi connectivity index (χ1v) is 12.2. The van der Waals surface area contributed by atoms with Gasteiger partial charge in [0.15, 0.2) is 17.5 Å². The number of nitrogens with two attached hydrogens (primary N) is 1. The molecule has 5 aromatic rings. The molecule has 0 spiro atoms. The van der Waals surface area contributed by atoms with Crippen LogP contribution in [0.2, 0.25) is 5.02 Å². The van der Waals surface area contributed by atoms with Crippen LogP contribution in [0.25, 0.3) is 27.9 Å². The number of aromatic nitrogens is 8. The van der Waals surface area contributed by atoms with Crippen molar-refractivity contribution >= 4 is 17.4 Å². The zero-order valence-electron chi connectivity index (χ0n) is 19.8. The molecule has 192 valence electrons. The molecule has 3 N–H and O–H groups in total. The molecular weight excluding hydrogens is 516 g/mol. The summed E-state index contributed by atoms with van der Waals surface area (Å²) in [6.45, 7) is 0. The van der Waals surface area contributed by atoms with E-state index in [1.807, 2.05) is 0 Å². The Morgan fingerprint density at radius 1 is 1.13 bits per heavy atom. The van der Waals surface area contributed by atoms with E-state index >= 15 is 4.39 Å². The second kappa shape index (κ2) is 9.45. The highest BCUT2D eigenvalue weighted by Gasteiger charge is 2.34. The second-order valence-corrected chi connectivity index (χ2v) is 9.60. The maximum atomic E-state index is 15.2. The third-order valence-electron chi connectivity index (χ3n) is 6.64. The van der Waals surface area contributed by atoms with Crippen LogP contribution < -0.4 is 10.5 Å². The summed E-state index contributed by atoms with van der Waals surface area (Å²) in [6, 6.07) is 7.42. The average molecular weight is 537 g/mol. The summed E-state index contributed by atoms with van der Waals surface area (Å²) in [5.41, 5.74) is 8.11. The molecule has 1 saturated carbocycles. The number of rotatable bonds is 7. The van der Waals surface area contributed by atoms with Gasteiger partial charge in [0.2, 0.25) is 6.20 Å². The number of halogens is 3. The lowest BCUT2D eigenvalue weighted by atomic mass is 10.0. The lowest BCUT2D eigenvalue weighted by Gasteiger charge is -2.15. The SMILES string of the molecule is Nc1ncc(-c2cnn([C@@H](CC3CC3)c3ccc(-c4c(-n5cnnn5)ccc(Cl)c4F)c[n+]3O)c2)cc1F. The van der Waals surface area contributed by atoms with Gasteiger partial charge in [-0.15, -0.1) is 5.10 Å². The average Bonchev–Trinajstić information content (AvgIpc) is 3.34. The number of hydrogen-bond acceptors (Lipinski definition) is 7. The highest BCUT2D eigenvalue weighted by Crippen LogP contribution is 2.39. The van der Waals surface area contributed by atoms with E-state index in [1.54, 1.807) is 35.3 Å². The Balaban J connectivity index is 1.39. The number of nitrogens with zero attached hydrogens (tertiary/aromatic N) is 8. The van der Waals surface area contributed by atoms with E-state index in [9.17, 15) is 9.60 Å². The van der Waals surface area contributed by atoms with E-state index < -0.39 is 11.6 Å². The molecule has 4 aromatic heterocycles. The lowest BCUT2D eigenvalue weighted by molar-refractivity contribution is -0.910. The Labute approximate surface area is 219 Å². The van der Waals surface area contributed by atoms with Crippen molar-refractivity contribution in [1.82, 2.24) is 35.0 Å². The molecule has 38 heavy (non-hydrogen) atoms. The van der Waals surface area contributed by atoms with E-state index in [4.69, 9.17) is 17.3 Å². The first-order valence-electron chi connectivity index (χ1n) is 11.8. The molecule has 0 saturated heterocycles. The second-order valence-electron chi connectivity index (χ2n) is 9.19. The minimum atomic E-state index is -0.664. The van der Waals surface area contributed by atoms with Crippen LogP contribution in [0.4, 0.5) is 14.6 Å². The first kappa shape index (κ1) is 23.9. The standard InChI is InChI=1S/C25H21ClF2N9O/c26-18-4-6-21(36-13-31-33-34-36)23(24(18)28)15-3-5-20(37(38)12-15)22(7-14-1-2-14)35-11-17(10-32-35)16-8-19(27)25(29)30-9-16/h3-6,8-14,22,38H,1-2,7H2,(H2,29,30)/q+1/t22-/m0/s1. The monoisotopic (exact) mass is 536 g/mol. The van der Waals surface area contributed by atoms with Gasteiger partial charge in [-0.25, -0.2) is 13.8 Å². The summed E-state index contributed by atoms with van der Waals surface area (Å²) < 4.78 is 33.2. The zero-order chi connectivity index (χ0) is 26.4. The molecule has 0 amide bonds. The molecule has 1 aliphatic rings. The van der Waals surface area contributed by atoms with Gasteiger partial charge >= 0.3 is 0 Å². The summed E-state index contributed by atoms with van der Waals surface area (Å²) in [5, 5.41) is 26.6. The third kappa shape index (κ3) is 4.43. The largest absolute Gasteiger partial charge is 0.381 e. The quantitative estimate of drug-likeness (QED) is 0.238. The normalized spacial score (nSPS) is 14.1. The van der Waals surface area contributed by atoms with Gasteiger partial charge in [0.05, 0.1) is 28.0 Å². The Kier molecular flexibility index (Phi) is 5.95. The maximum Gasteiger partial charge on any atom is 0.258 e. The van der Waals surface area contributed by atoms with E-state index in [-0.39, 0.29) is 22.4 Å². The van der Waals surface area contributed by atoms with Crippen molar-refractivity contribution in [1.29, 1.82) is 0 Å². The van der Waals surface area contributed by atoms with Crippen molar-refractivity contribution in [3.05, 3.63) is 83.8 Å². The first-order chi connectivity index (χ1) is 18.4. The van der Waals surface area contributed by atoms with Crippen LogP contribution in [0.15, 0.2) is 61.4 Å². The van der Waals surface area contributed by atoms with E-state index in [1.165, 1.54) is 35.5 Å². The van der Waals surface area contributed by atoms with Crippen LogP contribution in [-0.4, -0.2) is 40.2 Å². The fourth-order valence-corrected chi connectivity index (χ4v) is 4.65. The van der Waals surface area contributed by atoms with Gasteiger partial charge in [-0.3, -0.25) is 9.89 Å². The fourth-order valence-electron chi connectivity index (χ4n) is 4.49. The van der Waals surface area contributed by atoms with Gasteiger partial charge in [-0.05, 0) is 47.0 Å². The predicted octanol–water partition coefficient (Wildman–Crippen LogP) is 4.02. The van der Waals surface area contributed by atoms with Gasteiger partial charge in [0.25, 0.3) is 5.69 Å². The number of hydrogen-bond donors (Lipinski definition) is 2. The summed E-state index contributed by atoms with van der Waals surface area (Å²) in [5.74, 6) is -0.959. The molecule has 0 aliphatic heterocycles. The number of pyridine rings is 2. The van der Waals surface area contributed by atoms with Crippen LogP contribution in [-0.2, 0) is 0 Å². The third-order valence-corrected chi connectivity index (χ3v) is 6.93. The molecule has 6 rings (SSSR count). The zero-order valence-corrected chi connectivity index (χ0v) is 20.5. The van der Waals surface area contributed by atoms with Crippen LogP contribution in [0, 0.1) is 17.6 Å². The van der Waals surface area contributed by atoms with Gasteiger partial charge < -0.3 is 5.73 Å².